The van der Waals surface area contributed by atoms with Crippen LogP contribution in [-0.4, -0.2) is 18.4 Å². The van der Waals surface area contributed by atoms with Gasteiger partial charge in [0.05, 0.1) is 5.92 Å². The Balaban J connectivity index is 0.000000561. The van der Waals surface area contributed by atoms with Crippen molar-refractivity contribution in [1.29, 1.82) is 0 Å². The number of rotatable bonds is 1. The summed E-state index contributed by atoms with van der Waals surface area (Å²) in [4.78, 5) is 23.4. The summed E-state index contributed by atoms with van der Waals surface area (Å²) >= 11 is 0. The van der Waals surface area contributed by atoms with Gasteiger partial charge in [-0.25, -0.2) is 0 Å². The van der Waals surface area contributed by atoms with Gasteiger partial charge in [-0.2, -0.15) is 0 Å². The Morgan fingerprint density at radius 1 is 1.05 bits per heavy atom. The molecule has 0 aromatic heterocycles. The molecule has 1 heterocycles. The second kappa shape index (κ2) is 8.69. The maximum atomic E-state index is 11.9. The molecule has 3 fully saturated rings. The average molecular weight is 310 g/mol. The van der Waals surface area contributed by atoms with Crippen molar-refractivity contribution in [3.05, 3.63) is 0 Å². The van der Waals surface area contributed by atoms with Crippen LogP contribution in [0, 0.1) is 35.5 Å². The molecular weight excluding hydrogens is 276 g/mol. The molecule has 22 heavy (non-hydrogen) atoms. The number of ether oxygens (including phenoxy) is 1. The van der Waals surface area contributed by atoms with E-state index in [-0.39, 0.29) is 29.8 Å². The standard InChI is InChI=1S/C15H22O3.2C2H6/c1-8-3-4-11-10(5-8)6-12-14(13(11)7-16)9(2)18-15(12)17;2*1-2/h7-14H,3-6H2,1-2H3;2*1-2H3/t8?,9-,10?,11?,12-,13?,14-;;/m0../s1. The molecule has 7 atom stereocenters. The zero-order valence-electron chi connectivity index (χ0n) is 15.2. The Kier molecular flexibility index (Phi) is 7.58. The number of cyclic esters (lactones) is 1. The maximum Gasteiger partial charge on any atom is 0.309 e. The van der Waals surface area contributed by atoms with Gasteiger partial charge in [0.1, 0.15) is 12.4 Å². The van der Waals surface area contributed by atoms with Crippen molar-refractivity contribution < 1.29 is 14.3 Å². The fourth-order valence-corrected chi connectivity index (χ4v) is 4.77. The van der Waals surface area contributed by atoms with E-state index in [0.717, 1.165) is 25.0 Å². The Morgan fingerprint density at radius 2 is 1.68 bits per heavy atom. The Bertz CT molecular complexity index is 366. The molecule has 0 aromatic carbocycles. The largest absolute Gasteiger partial charge is 0.462 e. The highest BCUT2D eigenvalue weighted by atomic mass is 16.6. The zero-order valence-corrected chi connectivity index (χ0v) is 15.2. The highest BCUT2D eigenvalue weighted by Gasteiger charge is 2.54. The maximum absolute atomic E-state index is 11.9. The minimum atomic E-state index is -0.0713. The number of fused-ring (bicyclic) bond motifs is 2. The summed E-state index contributed by atoms with van der Waals surface area (Å²) in [6.45, 7) is 12.2. The van der Waals surface area contributed by atoms with E-state index < -0.39 is 0 Å². The lowest BCUT2D eigenvalue weighted by Crippen LogP contribution is -2.45. The molecular formula is C19H34O3. The predicted octanol–water partition coefficient (Wildman–Crippen LogP) is 4.49. The Morgan fingerprint density at radius 3 is 2.27 bits per heavy atom. The quantitative estimate of drug-likeness (QED) is 0.529. The highest BCUT2D eigenvalue weighted by Crippen LogP contribution is 2.53. The number of hydrogen-bond donors (Lipinski definition) is 0. The van der Waals surface area contributed by atoms with Gasteiger partial charge in [-0.05, 0) is 43.9 Å². The van der Waals surface area contributed by atoms with Gasteiger partial charge in [-0.3, -0.25) is 4.79 Å². The van der Waals surface area contributed by atoms with E-state index in [1.54, 1.807) is 0 Å². The zero-order chi connectivity index (χ0) is 16.9. The second-order valence-electron chi connectivity index (χ2n) is 6.62. The molecule has 2 saturated carbocycles. The average Bonchev–Trinajstić information content (AvgIpc) is 2.83. The third-order valence-corrected chi connectivity index (χ3v) is 5.57. The van der Waals surface area contributed by atoms with Crippen LogP contribution >= 0.6 is 0 Å². The first-order chi connectivity index (χ1) is 10.6. The summed E-state index contributed by atoms with van der Waals surface area (Å²) in [5.74, 6) is 1.91. The topological polar surface area (TPSA) is 43.4 Å². The number of carbonyl (C=O) groups is 2. The van der Waals surface area contributed by atoms with E-state index in [2.05, 4.69) is 6.92 Å². The van der Waals surface area contributed by atoms with E-state index in [9.17, 15) is 9.59 Å². The number of esters is 1. The summed E-state index contributed by atoms with van der Waals surface area (Å²) < 4.78 is 5.38. The van der Waals surface area contributed by atoms with Crippen LogP contribution in [0.15, 0.2) is 0 Å². The van der Waals surface area contributed by atoms with Gasteiger partial charge in [0.25, 0.3) is 0 Å². The number of aldehydes is 1. The molecule has 1 saturated heterocycles. The molecule has 3 rings (SSSR count). The van der Waals surface area contributed by atoms with Crippen LogP contribution in [0.4, 0.5) is 0 Å². The van der Waals surface area contributed by atoms with Crippen LogP contribution in [0.2, 0.25) is 0 Å². The van der Waals surface area contributed by atoms with E-state index in [0.29, 0.717) is 11.8 Å². The van der Waals surface area contributed by atoms with E-state index in [1.165, 1.54) is 12.8 Å². The van der Waals surface area contributed by atoms with E-state index in [1.807, 2.05) is 34.6 Å². The van der Waals surface area contributed by atoms with Gasteiger partial charge in [-0.1, -0.05) is 41.0 Å². The molecule has 3 aliphatic rings. The van der Waals surface area contributed by atoms with Crippen LogP contribution in [0.25, 0.3) is 0 Å². The molecule has 3 nitrogen and oxygen atoms in total. The molecule has 0 bridgehead atoms. The van der Waals surface area contributed by atoms with Crippen molar-refractivity contribution in [1.82, 2.24) is 0 Å². The van der Waals surface area contributed by atoms with Gasteiger partial charge >= 0.3 is 5.97 Å². The van der Waals surface area contributed by atoms with Crippen LogP contribution in [-0.2, 0) is 14.3 Å². The monoisotopic (exact) mass is 310 g/mol. The van der Waals surface area contributed by atoms with Gasteiger partial charge in [-0.15, -0.1) is 0 Å². The Labute approximate surface area is 136 Å². The van der Waals surface area contributed by atoms with Crippen molar-refractivity contribution in [3.63, 3.8) is 0 Å². The molecule has 1 aliphatic heterocycles. The first-order valence-electron chi connectivity index (χ1n) is 9.27. The fraction of sp³-hybridized carbons (Fsp3) is 0.895. The summed E-state index contributed by atoms with van der Waals surface area (Å²) in [5, 5.41) is 0. The fourth-order valence-electron chi connectivity index (χ4n) is 4.77. The summed E-state index contributed by atoms with van der Waals surface area (Å²) in [5.41, 5.74) is 0. The lowest BCUT2D eigenvalue weighted by atomic mass is 9.56. The van der Waals surface area contributed by atoms with Crippen molar-refractivity contribution in [2.24, 2.45) is 35.5 Å². The summed E-state index contributed by atoms with van der Waals surface area (Å²) in [6, 6.07) is 0. The van der Waals surface area contributed by atoms with Crippen molar-refractivity contribution in [2.75, 3.05) is 0 Å². The molecule has 3 heteroatoms. The molecule has 0 amide bonds. The molecule has 0 aromatic rings. The molecule has 0 spiro atoms. The van der Waals surface area contributed by atoms with Crippen molar-refractivity contribution >= 4 is 12.3 Å². The van der Waals surface area contributed by atoms with E-state index >= 15 is 0 Å². The molecule has 0 N–H and O–H groups in total. The predicted molar refractivity (Wildman–Crippen MR) is 89.4 cm³/mol. The Hall–Kier alpha value is -0.860. The third-order valence-electron chi connectivity index (χ3n) is 5.57. The molecule has 128 valence electrons. The van der Waals surface area contributed by atoms with Crippen molar-refractivity contribution in [3.8, 4) is 0 Å². The van der Waals surface area contributed by atoms with Gasteiger partial charge < -0.3 is 9.53 Å². The minimum absolute atomic E-state index is 0.0123. The van der Waals surface area contributed by atoms with Crippen LogP contribution < -0.4 is 0 Å². The smallest absolute Gasteiger partial charge is 0.309 e. The van der Waals surface area contributed by atoms with E-state index in [4.69, 9.17) is 4.74 Å². The van der Waals surface area contributed by atoms with Gasteiger partial charge in [0.15, 0.2) is 0 Å². The SMILES string of the molecule is CC.CC.CC1CCC2C(C1)C[C@@H]1C(=O)O[C@@H](C)[C@@H]1C2C=O. The van der Waals surface area contributed by atoms with Gasteiger partial charge in [0.2, 0.25) is 0 Å². The lowest BCUT2D eigenvalue weighted by Gasteiger charge is -2.46. The van der Waals surface area contributed by atoms with Crippen molar-refractivity contribution in [2.45, 2.75) is 73.3 Å². The first-order valence-corrected chi connectivity index (χ1v) is 9.27. The molecule has 2 aliphatic carbocycles. The molecule has 4 unspecified atom stereocenters. The lowest BCUT2D eigenvalue weighted by molar-refractivity contribution is -0.144. The van der Waals surface area contributed by atoms with Crippen LogP contribution in [0.1, 0.15) is 67.2 Å². The van der Waals surface area contributed by atoms with Crippen LogP contribution in [0.5, 0.6) is 0 Å². The first kappa shape index (κ1) is 19.2. The third kappa shape index (κ3) is 3.55. The number of carbonyl (C=O) groups excluding carboxylic acids is 2. The summed E-state index contributed by atoms with van der Waals surface area (Å²) in [6.07, 6.45) is 5.56. The second-order valence-corrected chi connectivity index (χ2v) is 6.62. The highest BCUT2D eigenvalue weighted by molar-refractivity contribution is 5.76. The number of hydrogen-bond acceptors (Lipinski definition) is 3. The molecule has 0 radical (unpaired) electrons. The van der Waals surface area contributed by atoms with Crippen LogP contribution in [0.3, 0.4) is 0 Å². The van der Waals surface area contributed by atoms with Gasteiger partial charge in [0, 0.05) is 11.8 Å². The minimum Gasteiger partial charge on any atom is -0.462 e. The normalized spacial score (nSPS) is 42.5. The summed E-state index contributed by atoms with van der Waals surface area (Å²) in [7, 11) is 0.